The van der Waals surface area contributed by atoms with E-state index in [-0.39, 0.29) is 5.91 Å². The number of nitrogens with zero attached hydrogens (tertiary/aromatic N) is 1. The number of rotatable bonds is 9. The number of hydrogen-bond donors (Lipinski definition) is 1. The number of halogens is 1. The van der Waals surface area contributed by atoms with Gasteiger partial charge in [0.15, 0.2) is 0 Å². The van der Waals surface area contributed by atoms with Crippen LogP contribution in [0.2, 0.25) is 5.02 Å². The van der Waals surface area contributed by atoms with Gasteiger partial charge in [-0.25, -0.2) is 0 Å². The SMILES string of the molecule is CCCN(CCC)CC(=O)NCCc1ccc(Cl)cc1. The minimum absolute atomic E-state index is 0.112. The van der Waals surface area contributed by atoms with E-state index in [0.717, 1.165) is 37.4 Å². The van der Waals surface area contributed by atoms with Crippen LogP contribution in [0.1, 0.15) is 32.3 Å². The van der Waals surface area contributed by atoms with Crippen LogP contribution in [-0.2, 0) is 11.2 Å². The molecule has 0 aliphatic rings. The molecule has 1 N–H and O–H groups in total. The van der Waals surface area contributed by atoms with Crippen LogP contribution in [0.3, 0.4) is 0 Å². The lowest BCUT2D eigenvalue weighted by Gasteiger charge is -2.20. The summed E-state index contributed by atoms with van der Waals surface area (Å²) in [6.45, 7) is 7.42. The van der Waals surface area contributed by atoms with E-state index in [2.05, 4.69) is 24.1 Å². The first-order chi connectivity index (χ1) is 9.65. The molecule has 0 fully saturated rings. The highest BCUT2D eigenvalue weighted by atomic mass is 35.5. The number of carbonyl (C=O) groups excluding carboxylic acids is 1. The summed E-state index contributed by atoms with van der Waals surface area (Å²) in [5, 5.41) is 3.72. The number of amides is 1. The average molecular weight is 297 g/mol. The predicted octanol–water partition coefficient (Wildman–Crippen LogP) is 3.12. The summed E-state index contributed by atoms with van der Waals surface area (Å²) >= 11 is 5.84. The van der Waals surface area contributed by atoms with Crippen molar-refractivity contribution in [3.8, 4) is 0 Å². The lowest BCUT2D eigenvalue weighted by Crippen LogP contribution is -2.38. The molecule has 0 heterocycles. The van der Waals surface area contributed by atoms with Gasteiger partial charge in [0.1, 0.15) is 0 Å². The normalized spacial score (nSPS) is 10.8. The molecule has 0 saturated carbocycles. The molecule has 20 heavy (non-hydrogen) atoms. The Kier molecular flexibility index (Phi) is 8.31. The zero-order chi connectivity index (χ0) is 14.8. The summed E-state index contributed by atoms with van der Waals surface area (Å²) in [4.78, 5) is 14.1. The number of hydrogen-bond acceptors (Lipinski definition) is 2. The Hall–Kier alpha value is -1.06. The highest BCUT2D eigenvalue weighted by Gasteiger charge is 2.08. The first-order valence-electron chi connectivity index (χ1n) is 7.39. The Morgan fingerprint density at radius 3 is 2.30 bits per heavy atom. The Balaban J connectivity index is 2.26. The van der Waals surface area contributed by atoms with Crippen molar-refractivity contribution in [2.24, 2.45) is 0 Å². The molecule has 0 atom stereocenters. The topological polar surface area (TPSA) is 32.3 Å². The largest absolute Gasteiger partial charge is 0.355 e. The second kappa shape index (κ2) is 9.78. The van der Waals surface area contributed by atoms with E-state index >= 15 is 0 Å². The van der Waals surface area contributed by atoms with E-state index in [9.17, 15) is 4.79 Å². The van der Waals surface area contributed by atoms with E-state index in [1.54, 1.807) is 0 Å². The average Bonchev–Trinajstić information content (AvgIpc) is 2.41. The zero-order valence-corrected chi connectivity index (χ0v) is 13.2. The van der Waals surface area contributed by atoms with E-state index in [1.165, 1.54) is 5.56 Å². The molecule has 0 saturated heterocycles. The lowest BCUT2D eigenvalue weighted by molar-refractivity contribution is -0.122. The van der Waals surface area contributed by atoms with E-state index in [1.807, 2.05) is 24.3 Å². The van der Waals surface area contributed by atoms with Crippen LogP contribution in [0.4, 0.5) is 0 Å². The standard InChI is InChI=1S/C16H25ClN2O/c1-3-11-19(12-4-2)13-16(20)18-10-9-14-5-7-15(17)8-6-14/h5-8H,3-4,9-13H2,1-2H3,(H,18,20). The van der Waals surface area contributed by atoms with Gasteiger partial charge in [-0.2, -0.15) is 0 Å². The summed E-state index contributed by atoms with van der Waals surface area (Å²) in [5.41, 5.74) is 1.19. The Labute approximate surface area is 127 Å². The Morgan fingerprint density at radius 1 is 1.15 bits per heavy atom. The summed E-state index contributed by atoms with van der Waals surface area (Å²) in [5.74, 6) is 0.112. The zero-order valence-electron chi connectivity index (χ0n) is 12.5. The molecule has 1 amide bonds. The van der Waals surface area contributed by atoms with Crippen molar-refractivity contribution in [2.45, 2.75) is 33.1 Å². The van der Waals surface area contributed by atoms with Crippen molar-refractivity contribution in [3.63, 3.8) is 0 Å². The summed E-state index contributed by atoms with van der Waals surface area (Å²) < 4.78 is 0. The molecule has 0 radical (unpaired) electrons. The highest BCUT2D eigenvalue weighted by Crippen LogP contribution is 2.09. The molecule has 0 aliphatic heterocycles. The van der Waals surface area contributed by atoms with Crippen molar-refractivity contribution in [1.82, 2.24) is 10.2 Å². The van der Waals surface area contributed by atoms with Crippen LogP contribution in [0.15, 0.2) is 24.3 Å². The molecule has 0 bridgehead atoms. The molecule has 0 aromatic heterocycles. The van der Waals surface area contributed by atoms with Gasteiger partial charge in [0.2, 0.25) is 5.91 Å². The fourth-order valence-corrected chi connectivity index (χ4v) is 2.28. The molecule has 1 aromatic carbocycles. The smallest absolute Gasteiger partial charge is 0.234 e. The van der Waals surface area contributed by atoms with Gasteiger partial charge in [0, 0.05) is 11.6 Å². The minimum Gasteiger partial charge on any atom is -0.355 e. The summed E-state index contributed by atoms with van der Waals surface area (Å²) in [6, 6.07) is 7.75. The van der Waals surface area contributed by atoms with Crippen LogP contribution in [0.5, 0.6) is 0 Å². The quantitative estimate of drug-likeness (QED) is 0.759. The molecule has 3 nitrogen and oxygen atoms in total. The van der Waals surface area contributed by atoms with Gasteiger partial charge < -0.3 is 5.32 Å². The maximum absolute atomic E-state index is 11.9. The first-order valence-corrected chi connectivity index (χ1v) is 7.77. The first kappa shape index (κ1) is 17.0. The monoisotopic (exact) mass is 296 g/mol. The second-order valence-corrected chi connectivity index (χ2v) is 5.44. The molecule has 0 aliphatic carbocycles. The van der Waals surface area contributed by atoms with Crippen LogP contribution < -0.4 is 5.32 Å². The van der Waals surface area contributed by atoms with Crippen molar-refractivity contribution in [2.75, 3.05) is 26.2 Å². The summed E-state index contributed by atoms with van der Waals surface area (Å²) in [7, 11) is 0. The maximum atomic E-state index is 11.9. The van der Waals surface area contributed by atoms with Crippen LogP contribution in [0.25, 0.3) is 0 Å². The molecular formula is C16H25ClN2O. The number of carbonyl (C=O) groups is 1. The molecule has 1 rings (SSSR count). The Bertz CT molecular complexity index is 386. The van der Waals surface area contributed by atoms with Gasteiger partial charge in [-0.15, -0.1) is 0 Å². The van der Waals surface area contributed by atoms with Gasteiger partial charge in [-0.05, 0) is 50.0 Å². The fraction of sp³-hybridized carbons (Fsp3) is 0.562. The van der Waals surface area contributed by atoms with E-state index in [4.69, 9.17) is 11.6 Å². The van der Waals surface area contributed by atoms with Gasteiger partial charge in [0.25, 0.3) is 0 Å². The van der Waals surface area contributed by atoms with Gasteiger partial charge >= 0.3 is 0 Å². The van der Waals surface area contributed by atoms with Crippen molar-refractivity contribution in [1.29, 1.82) is 0 Å². The third-order valence-electron chi connectivity index (χ3n) is 3.10. The van der Waals surface area contributed by atoms with Crippen LogP contribution in [-0.4, -0.2) is 37.0 Å². The molecule has 112 valence electrons. The minimum atomic E-state index is 0.112. The molecule has 4 heteroatoms. The van der Waals surface area contributed by atoms with Gasteiger partial charge in [-0.3, -0.25) is 9.69 Å². The van der Waals surface area contributed by atoms with Crippen LogP contribution in [0, 0.1) is 0 Å². The molecule has 0 unspecified atom stereocenters. The van der Waals surface area contributed by atoms with Crippen molar-refractivity contribution >= 4 is 17.5 Å². The van der Waals surface area contributed by atoms with Crippen molar-refractivity contribution < 1.29 is 4.79 Å². The molecule has 0 spiro atoms. The Morgan fingerprint density at radius 2 is 1.75 bits per heavy atom. The highest BCUT2D eigenvalue weighted by molar-refractivity contribution is 6.30. The fourth-order valence-electron chi connectivity index (χ4n) is 2.16. The van der Waals surface area contributed by atoms with Gasteiger partial charge in [0.05, 0.1) is 6.54 Å². The van der Waals surface area contributed by atoms with Gasteiger partial charge in [-0.1, -0.05) is 37.6 Å². The van der Waals surface area contributed by atoms with E-state index < -0.39 is 0 Å². The number of benzene rings is 1. The summed E-state index contributed by atoms with van der Waals surface area (Å²) in [6.07, 6.45) is 3.00. The van der Waals surface area contributed by atoms with Crippen LogP contribution >= 0.6 is 11.6 Å². The maximum Gasteiger partial charge on any atom is 0.234 e. The third kappa shape index (κ3) is 6.92. The third-order valence-corrected chi connectivity index (χ3v) is 3.35. The predicted molar refractivity (Wildman–Crippen MR) is 85.2 cm³/mol. The molecule has 1 aromatic rings. The van der Waals surface area contributed by atoms with Crippen molar-refractivity contribution in [3.05, 3.63) is 34.9 Å². The number of nitrogens with one attached hydrogen (secondary N) is 1. The van der Waals surface area contributed by atoms with E-state index in [0.29, 0.717) is 13.1 Å². The lowest BCUT2D eigenvalue weighted by atomic mass is 10.1. The molecular weight excluding hydrogens is 272 g/mol. The second-order valence-electron chi connectivity index (χ2n) is 5.00.